The maximum atomic E-state index is 11.5. The Morgan fingerprint density at radius 3 is 2.65 bits per heavy atom. The molecule has 0 fully saturated rings. The van der Waals surface area contributed by atoms with Crippen molar-refractivity contribution in [3.8, 4) is 0 Å². The van der Waals surface area contributed by atoms with Gasteiger partial charge in [0.1, 0.15) is 0 Å². The molecule has 0 bridgehead atoms. The zero-order valence-electron chi connectivity index (χ0n) is 8.90. The van der Waals surface area contributed by atoms with Crippen LogP contribution < -0.4 is 5.32 Å². The molecule has 1 amide bonds. The lowest BCUT2D eigenvalue weighted by atomic mass is 10.1. The predicted molar refractivity (Wildman–Crippen MR) is 61.9 cm³/mol. The molecular weight excluding hydrogens is 248 g/mol. The lowest BCUT2D eigenvalue weighted by Crippen LogP contribution is -2.15. The number of rotatable bonds is 4. The molecule has 1 aromatic rings. The molecule has 7 heteroatoms. The van der Waals surface area contributed by atoms with Gasteiger partial charge in [-0.25, -0.2) is 0 Å². The fourth-order valence-corrected chi connectivity index (χ4v) is 1.51. The Labute approximate surface area is 102 Å². The fraction of sp³-hybridized carbons (Fsp3) is 0.200. The van der Waals surface area contributed by atoms with Gasteiger partial charge in [-0.15, -0.1) is 0 Å². The van der Waals surface area contributed by atoms with Crippen LogP contribution in [-0.2, 0) is 4.79 Å². The maximum Gasteiger partial charge on any atom is 0.265 e. The molecule has 0 aliphatic carbocycles. The van der Waals surface area contributed by atoms with Gasteiger partial charge in [0.15, 0.2) is 0 Å². The third kappa shape index (κ3) is 3.53. The Morgan fingerprint density at radius 1 is 1.47 bits per heavy atom. The highest BCUT2D eigenvalue weighted by atomic mass is 35.5. The quantitative estimate of drug-likeness (QED) is 0.505. The number of amides is 1. The number of hydrogen-bond acceptors (Lipinski definition) is 4. The zero-order chi connectivity index (χ0) is 13.0. The van der Waals surface area contributed by atoms with Crippen LogP contribution in [0.3, 0.4) is 0 Å². The largest absolute Gasteiger partial charge is 0.325 e. The number of Topliss-reactive ketones (excluding diaryl/α,β-unsaturated/α-hetero) is 1. The van der Waals surface area contributed by atoms with Crippen LogP contribution in [0.4, 0.5) is 5.69 Å². The van der Waals surface area contributed by atoms with Gasteiger partial charge in [0, 0.05) is 17.4 Å². The molecule has 0 heterocycles. The molecule has 0 unspecified atom stereocenters. The minimum absolute atomic E-state index is 0.00884. The van der Waals surface area contributed by atoms with Crippen LogP contribution in [0.15, 0.2) is 18.2 Å². The van der Waals surface area contributed by atoms with Crippen molar-refractivity contribution in [1.29, 1.82) is 0 Å². The molecule has 90 valence electrons. The van der Waals surface area contributed by atoms with Crippen LogP contribution in [0, 0.1) is 10.1 Å². The summed E-state index contributed by atoms with van der Waals surface area (Å²) in [5, 5.41) is 12.7. The van der Waals surface area contributed by atoms with Gasteiger partial charge in [-0.3, -0.25) is 19.7 Å². The first-order valence-electron chi connectivity index (χ1n) is 4.63. The fourth-order valence-electron chi connectivity index (χ4n) is 1.24. The number of hydrogen-bond donors (Lipinski definition) is 1. The molecule has 6 nitrogen and oxygen atoms in total. The molecule has 0 saturated heterocycles. The molecule has 0 saturated carbocycles. The van der Waals surface area contributed by atoms with E-state index < -0.39 is 17.3 Å². The van der Waals surface area contributed by atoms with Crippen LogP contribution in [0.1, 0.15) is 17.3 Å². The van der Waals surface area contributed by atoms with Crippen molar-refractivity contribution in [2.24, 2.45) is 0 Å². The first-order chi connectivity index (χ1) is 7.91. The molecule has 1 rings (SSSR count). The summed E-state index contributed by atoms with van der Waals surface area (Å²) in [5.41, 5.74) is 0.281. The van der Waals surface area contributed by atoms with E-state index >= 15 is 0 Å². The summed E-state index contributed by atoms with van der Waals surface area (Å²) < 4.78 is 0. The smallest absolute Gasteiger partial charge is 0.265 e. The second kappa shape index (κ2) is 5.40. The van der Waals surface area contributed by atoms with Crippen molar-refractivity contribution in [1.82, 2.24) is 0 Å². The minimum Gasteiger partial charge on any atom is -0.325 e. The molecule has 1 aromatic carbocycles. The first-order valence-corrected chi connectivity index (χ1v) is 5.00. The van der Waals surface area contributed by atoms with Gasteiger partial charge in [-0.05, 0) is 12.1 Å². The van der Waals surface area contributed by atoms with E-state index in [9.17, 15) is 19.7 Å². The molecule has 1 N–H and O–H groups in total. The van der Waals surface area contributed by atoms with E-state index in [4.69, 9.17) is 11.6 Å². The molecule has 0 spiro atoms. The van der Waals surface area contributed by atoms with E-state index in [-0.39, 0.29) is 22.2 Å². The topological polar surface area (TPSA) is 89.3 Å². The summed E-state index contributed by atoms with van der Waals surface area (Å²) in [4.78, 5) is 31.8. The molecule has 0 aliphatic heterocycles. The normalized spacial score (nSPS) is 9.76. The van der Waals surface area contributed by atoms with E-state index in [0.717, 1.165) is 0 Å². The Balaban J connectivity index is 3.05. The monoisotopic (exact) mass is 256 g/mol. The Hall–Kier alpha value is -1.95. The van der Waals surface area contributed by atoms with Gasteiger partial charge < -0.3 is 5.32 Å². The van der Waals surface area contributed by atoms with Crippen molar-refractivity contribution in [2.45, 2.75) is 6.92 Å². The van der Waals surface area contributed by atoms with E-state index in [1.807, 2.05) is 0 Å². The summed E-state index contributed by atoms with van der Waals surface area (Å²) >= 11 is 5.87. The third-order valence-corrected chi connectivity index (χ3v) is 2.29. The highest BCUT2D eigenvalue weighted by Gasteiger charge is 2.18. The standard InChI is InChI=1S/C10H9ClN2O4/c1-6(14)12-8-4-2-3-7(10(8)11)9(15)5-13(16)17/h2-4H,5H2,1H3,(H,12,14). The van der Waals surface area contributed by atoms with Gasteiger partial charge in [0.25, 0.3) is 6.54 Å². The number of anilines is 1. The number of nitrogens with one attached hydrogen (secondary N) is 1. The first kappa shape index (κ1) is 13.1. The number of carbonyl (C=O) groups is 2. The lowest BCUT2D eigenvalue weighted by Gasteiger charge is -2.07. The highest BCUT2D eigenvalue weighted by Crippen LogP contribution is 2.26. The van der Waals surface area contributed by atoms with Crippen molar-refractivity contribution in [3.05, 3.63) is 38.9 Å². The van der Waals surface area contributed by atoms with E-state index in [1.165, 1.54) is 25.1 Å². The number of halogens is 1. The predicted octanol–water partition coefficient (Wildman–Crippen LogP) is 1.76. The summed E-state index contributed by atoms with van der Waals surface area (Å²) in [6.07, 6.45) is 0. The van der Waals surface area contributed by atoms with Crippen LogP contribution in [0.25, 0.3) is 0 Å². The molecule has 0 radical (unpaired) electrons. The zero-order valence-corrected chi connectivity index (χ0v) is 9.65. The number of nitrogens with zero attached hydrogens (tertiary/aromatic N) is 1. The number of benzene rings is 1. The Morgan fingerprint density at radius 2 is 2.12 bits per heavy atom. The average Bonchev–Trinajstić information content (AvgIpc) is 2.19. The van der Waals surface area contributed by atoms with E-state index in [2.05, 4.69) is 5.32 Å². The summed E-state index contributed by atoms with van der Waals surface area (Å²) in [6, 6.07) is 4.37. The Bertz CT molecular complexity index is 487. The van der Waals surface area contributed by atoms with E-state index in [1.54, 1.807) is 0 Å². The second-order valence-corrected chi connectivity index (χ2v) is 3.64. The maximum absolute atomic E-state index is 11.5. The molecule has 0 aromatic heterocycles. The molecule has 17 heavy (non-hydrogen) atoms. The van der Waals surface area contributed by atoms with Crippen molar-refractivity contribution in [2.75, 3.05) is 11.9 Å². The van der Waals surface area contributed by atoms with Gasteiger partial charge in [-0.2, -0.15) is 0 Å². The van der Waals surface area contributed by atoms with Crippen LogP contribution in [0.5, 0.6) is 0 Å². The summed E-state index contributed by atoms with van der Waals surface area (Å²) in [5.74, 6) is -1.04. The molecular formula is C10H9ClN2O4. The highest BCUT2D eigenvalue weighted by molar-refractivity contribution is 6.37. The van der Waals surface area contributed by atoms with Crippen LogP contribution in [-0.4, -0.2) is 23.2 Å². The average molecular weight is 257 g/mol. The number of nitro groups is 1. The Kier molecular flexibility index (Phi) is 4.17. The van der Waals surface area contributed by atoms with Crippen LogP contribution >= 0.6 is 11.6 Å². The molecule has 0 aliphatic rings. The SMILES string of the molecule is CC(=O)Nc1cccc(C(=O)C[N+](=O)[O-])c1Cl. The van der Waals surface area contributed by atoms with Crippen LogP contribution in [0.2, 0.25) is 5.02 Å². The number of carbonyl (C=O) groups excluding carboxylic acids is 2. The summed E-state index contributed by atoms with van der Waals surface area (Å²) in [6.45, 7) is 0.463. The van der Waals surface area contributed by atoms with Gasteiger partial charge in [-0.1, -0.05) is 17.7 Å². The van der Waals surface area contributed by atoms with E-state index in [0.29, 0.717) is 0 Å². The van der Waals surface area contributed by atoms with Crippen molar-refractivity contribution >= 4 is 29.0 Å². The van der Waals surface area contributed by atoms with Crippen molar-refractivity contribution < 1.29 is 14.5 Å². The van der Waals surface area contributed by atoms with Gasteiger partial charge in [0.05, 0.1) is 10.7 Å². The van der Waals surface area contributed by atoms with Gasteiger partial charge >= 0.3 is 0 Å². The lowest BCUT2D eigenvalue weighted by molar-refractivity contribution is -0.465. The third-order valence-electron chi connectivity index (χ3n) is 1.88. The summed E-state index contributed by atoms with van der Waals surface area (Å²) in [7, 11) is 0. The second-order valence-electron chi connectivity index (χ2n) is 3.26. The molecule has 0 atom stereocenters. The van der Waals surface area contributed by atoms with Crippen molar-refractivity contribution in [3.63, 3.8) is 0 Å². The minimum atomic E-state index is -0.830. The van der Waals surface area contributed by atoms with Gasteiger partial charge in [0.2, 0.25) is 11.7 Å². The number of ketones is 1.